The number of carbonyl (C=O) groups excluding carboxylic acids is 1. The molecule has 0 radical (unpaired) electrons. The van der Waals surface area contributed by atoms with Crippen molar-refractivity contribution in [3.8, 4) is 0 Å². The van der Waals surface area contributed by atoms with E-state index in [0.29, 0.717) is 17.1 Å². The van der Waals surface area contributed by atoms with Crippen molar-refractivity contribution in [3.05, 3.63) is 35.9 Å². The lowest BCUT2D eigenvalue weighted by Crippen LogP contribution is -2.05. The molecular formula is C16H22O. The van der Waals surface area contributed by atoms with E-state index in [9.17, 15) is 4.79 Å². The van der Waals surface area contributed by atoms with Crippen molar-refractivity contribution in [2.24, 2.45) is 11.3 Å². The smallest absolute Gasteiger partial charge is 0.136 e. The highest BCUT2D eigenvalue weighted by Gasteiger charge is 2.49. The molecule has 0 spiro atoms. The standard InChI is InChI=1S/C16H22O/c1-16(2)12-14(16)15(17)11-7-6-10-13-8-4-3-5-9-13/h3-5,8-9,14H,6-7,10-12H2,1-2H3. The molecule has 17 heavy (non-hydrogen) atoms. The van der Waals surface area contributed by atoms with E-state index in [-0.39, 0.29) is 0 Å². The van der Waals surface area contributed by atoms with Crippen LogP contribution in [0, 0.1) is 11.3 Å². The molecule has 1 aliphatic carbocycles. The molecule has 1 heteroatoms. The summed E-state index contributed by atoms with van der Waals surface area (Å²) in [7, 11) is 0. The number of hydrogen-bond donors (Lipinski definition) is 0. The van der Waals surface area contributed by atoms with Crippen molar-refractivity contribution < 1.29 is 4.79 Å². The van der Waals surface area contributed by atoms with E-state index in [1.165, 1.54) is 5.56 Å². The van der Waals surface area contributed by atoms with E-state index < -0.39 is 0 Å². The van der Waals surface area contributed by atoms with Crippen LogP contribution in [0.4, 0.5) is 0 Å². The summed E-state index contributed by atoms with van der Waals surface area (Å²) in [5.74, 6) is 0.849. The second-order valence-electron chi connectivity index (χ2n) is 5.90. The monoisotopic (exact) mass is 230 g/mol. The number of ketones is 1. The number of Topliss-reactive ketones (excluding diaryl/α,β-unsaturated/α-hetero) is 1. The molecule has 1 unspecified atom stereocenters. The van der Waals surface area contributed by atoms with E-state index in [1.54, 1.807) is 0 Å². The molecule has 0 bridgehead atoms. The Bertz CT molecular complexity index is 378. The topological polar surface area (TPSA) is 17.1 Å². The van der Waals surface area contributed by atoms with Crippen LogP contribution < -0.4 is 0 Å². The summed E-state index contributed by atoms with van der Waals surface area (Å²) in [4.78, 5) is 11.8. The molecule has 2 rings (SSSR count). The summed E-state index contributed by atoms with van der Waals surface area (Å²) < 4.78 is 0. The van der Waals surface area contributed by atoms with Crippen molar-refractivity contribution in [2.45, 2.75) is 46.0 Å². The van der Waals surface area contributed by atoms with E-state index >= 15 is 0 Å². The number of benzene rings is 1. The Morgan fingerprint density at radius 3 is 2.47 bits per heavy atom. The fraction of sp³-hybridized carbons (Fsp3) is 0.562. The summed E-state index contributed by atoms with van der Waals surface area (Å²) in [6.07, 6.45) is 5.15. The molecule has 0 amide bonds. The van der Waals surface area contributed by atoms with Crippen LogP contribution in [0.1, 0.15) is 45.1 Å². The number of carbonyl (C=O) groups is 1. The maximum Gasteiger partial charge on any atom is 0.136 e. The van der Waals surface area contributed by atoms with Gasteiger partial charge in [-0.25, -0.2) is 0 Å². The zero-order chi connectivity index (χ0) is 12.3. The third-order valence-electron chi connectivity index (χ3n) is 3.88. The van der Waals surface area contributed by atoms with Gasteiger partial charge in [-0.2, -0.15) is 0 Å². The Morgan fingerprint density at radius 1 is 1.24 bits per heavy atom. The predicted octanol–water partition coefficient (Wildman–Crippen LogP) is 4.01. The third kappa shape index (κ3) is 3.42. The maximum atomic E-state index is 11.8. The van der Waals surface area contributed by atoms with Gasteiger partial charge in [-0.05, 0) is 36.7 Å². The summed E-state index contributed by atoms with van der Waals surface area (Å²) >= 11 is 0. The molecule has 0 N–H and O–H groups in total. The summed E-state index contributed by atoms with van der Waals surface area (Å²) in [5.41, 5.74) is 1.68. The van der Waals surface area contributed by atoms with Gasteiger partial charge in [0.2, 0.25) is 0 Å². The van der Waals surface area contributed by atoms with Crippen LogP contribution in [-0.4, -0.2) is 5.78 Å². The molecule has 0 saturated heterocycles. The average Bonchev–Trinajstić information content (AvgIpc) is 2.95. The normalized spacial score (nSPS) is 21.2. The highest BCUT2D eigenvalue weighted by molar-refractivity contribution is 5.84. The molecule has 1 aromatic rings. The quantitative estimate of drug-likeness (QED) is 0.675. The van der Waals surface area contributed by atoms with Gasteiger partial charge >= 0.3 is 0 Å². The second-order valence-corrected chi connectivity index (χ2v) is 5.90. The lowest BCUT2D eigenvalue weighted by atomic mass is 10.0. The van der Waals surface area contributed by atoms with Gasteiger partial charge in [0.1, 0.15) is 5.78 Å². The van der Waals surface area contributed by atoms with Crippen molar-refractivity contribution in [1.29, 1.82) is 0 Å². The molecule has 1 aromatic carbocycles. The van der Waals surface area contributed by atoms with E-state index in [1.807, 2.05) is 6.07 Å². The minimum atomic E-state index is 0.302. The van der Waals surface area contributed by atoms with Gasteiger partial charge in [-0.3, -0.25) is 4.79 Å². The van der Waals surface area contributed by atoms with Crippen LogP contribution in [0.2, 0.25) is 0 Å². The van der Waals surface area contributed by atoms with Crippen LogP contribution in [-0.2, 0) is 11.2 Å². The van der Waals surface area contributed by atoms with Crippen molar-refractivity contribution in [1.82, 2.24) is 0 Å². The Kier molecular flexibility index (Phi) is 3.66. The predicted molar refractivity (Wildman–Crippen MR) is 70.9 cm³/mol. The first-order valence-electron chi connectivity index (χ1n) is 6.66. The number of hydrogen-bond acceptors (Lipinski definition) is 1. The van der Waals surface area contributed by atoms with E-state index in [4.69, 9.17) is 0 Å². The van der Waals surface area contributed by atoms with Gasteiger partial charge in [0.15, 0.2) is 0 Å². The molecule has 1 atom stereocenters. The molecule has 1 saturated carbocycles. The molecule has 0 heterocycles. The van der Waals surface area contributed by atoms with Crippen LogP contribution in [0.3, 0.4) is 0 Å². The fourth-order valence-corrected chi connectivity index (χ4v) is 2.46. The van der Waals surface area contributed by atoms with Gasteiger partial charge < -0.3 is 0 Å². The summed E-state index contributed by atoms with van der Waals surface area (Å²) in [6, 6.07) is 10.5. The first kappa shape index (κ1) is 12.3. The highest BCUT2D eigenvalue weighted by atomic mass is 16.1. The molecule has 0 aliphatic heterocycles. The van der Waals surface area contributed by atoms with Crippen molar-refractivity contribution in [2.75, 3.05) is 0 Å². The van der Waals surface area contributed by atoms with E-state index in [0.717, 1.165) is 32.1 Å². The molecule has 1 nitrogen and oxygen atoms in total. The molecule has 1 fully saturated rings. The Hall–Kier alpha value is -1.11. The van der Waals surface area contributed by atoms with Crippen LogP contribution in [0.25, 0.3) is 0 Å². The molecular weight excluding hydrogens is 208 g/mol. The SMILES string of the molecule is CC1(C)CC1C(=O)CCCCc1ccccc1. The maximum absolute atomic E-state index is 11.8. The van der Waals surface area contributed by atoms with Gasteiger partial charge in [0, 0.05) is 12.3 Å². The van der Waals surface area contributed by atoms with Crippen molar-refractivity contribution >= 4 is 5.78 Å². The lowest BCUT2D eigenvalue weighted by molar-refractivity contribution is -0.121. The number of aryl methyl sites for hydroxylation is 1. The minimum Gasteiger partial charge on any atom is -0.299 e. The average molecular weight is 230 g/mol. The summed E-state index contributed by atoms with van der Waals surface area (Å²) in [5, 5.41) is 0. The first-order valence-corrected chi connectivity index (χ1v) is 6.66. The molecule has 1 aliphatic rings. The number of rotatable bonds is 6. The van der Waals surface area contributed by atoms with Crippen LogP contribution in [0.5, 0.6) is 0 Å². The highest BCUT2D eigenvalue weighted by Crippen LogP contribution is 2.52. The zero-order valence-electron chi connectivity index (χ0n) is 10.9. The Balaban J connectivity index is 1.63. The lowest BCUT2D eigenvalue weighted by Gasteiger charge is -2.03. The first-order chi connectivity index (χ1) is 8.09. The minimum absolute atomic E-state index is 0.302. The Morgan fingerprint density at radius 2 is 1.88 bits per heavy atom. The van der Waals surface area contributed by atoms with Gasteiger partial charge in [0.25, 0.3) is 0 Å². The summed E-state index contributed by atoms with van der Waals surface area (Å²) in [6.45, 7) is 4.39. The third-order valence-corrected chi connectivity index (χ3v) is 3.88. The van der Waals surface area contributed by atoms with Gasteiger partial charge in [0.05, 0.1) is 0 Å². The molecule has 0 aromatic heterocycles. The second kappa shape index (κ2) is 5.03. The van der Waals surface area contributed by atoms with Crippen LogP contribution >= 0.6 is 0 Å². The zero-order valence-corrected chi connectivity index (χ0v) is 10.9. The van der Waals surface area contributed by atoms with Crippen molar-refractivity contribution in [3.63, 3.8) is 0 Å². The number of unbranched alkanes of at least 4 members (excludes halogenated alkanes) is 1. The van der Waals surface area contributed by atoms with Gasteiger partial charge in [-0.1, -0.05) is 44.2 Å². The molecule has 92 valence electrons. The Labute approximate surface area is 104 Å². The van der Waals surface area contributed by atoms with Crippen LogP contribution in [0.15, 0.2) is 30.3 Å². The van der Waals surface area contributed by atoms with E-state index in [2.05, 4.69) is 38.1 Å². The fourth-order valence-electron chi connectivity index (χ4n) is 2.46. The largest absolute Gasteiger partial charge is 0.299 e. The van der Waals surface area contributed by atoms with Gasteiger partial charge in [-0.15, -0.1) is 0 Å².